The van der Waals surface area contributed by atoms with E-state index in [0.717, 1.165) is 5.56 Å². The SMILES string of the molecule is CCC(=O)N(Cc1ccccc1Cl)[C@H](C)C(=O)NC(C)(C)C. The van der Waals surface area contributed by atoms with E-state index in [4.69, 9.17) is 11.6 Å². The van der Waals surface area contributed by atoms with Gasteiger partial charge in [-0.05, 0) is 39.3 Å². The van der Waals surface area contributed by atoms with Gasteiger partial charge in [-0.25, -0.2) is 0 Å². The predicted molar refractivity (Wildman–Crippen MR) is 89.7 cm³/mol. The second-order valence-electron chi connectivity index (χ2n) is 6.38. The van der Waals surface area contributed by atoms with Gasteiger partial charge in [0, 0.05) is 23.5 Å². The highest BCUT2D eigenvalue weighted by Gasteiger charge is 2.27. The van der Waals surface area contributed by atoms with Gasteiger partial charge in [0.25, 0.3) is 0 Å². The molecule has 0 heterocycles. The molecule has 0 aliphatic carbocycles. The molecule has 1 aromatic rings. The zero-order chi connectivity index (χ0) is 16.9. The Morgan fingerprint density at radius 1 is 1.27 bits per heavy atom. The third-order valence-corrected chi connectivity index (χ3v) is 3.64. The number of amides is 2. The lowest BCUT2D eigenvalue weighted by molar-refractivity contribution is -0.141. The summed E-state index contributed by atoms with van der Waals surface area (Å²) in [6.45, 7) is 9.60. The highest BCUT2D eigenvalue weighted by Crippen LogP contribution is 2.19. The molecule has 0 unspecified atom stereocenters. The van der Waals surface area contributed by atoms with E-state index in [0.29, 0.717) is 18.0 Å². The Morgan fingerprint density at radius 3 is 2.36 bits per heavy atom. The maximum atomic E-state index is 12.4. The fourth-order valence-electron chi connectivity index (χ4n) is 2.07. The highest BCUT2D eigenvalue weighted by atomic mass is 35.5. The van der Waals surface area contributed by atoms with Crippen LogP contribution in [-0.4, -0.2) is 28.3 Å². The summed E-state index contributed by atoms with van der Waals surface area (Å²) in [4.78, 5) is 26.2. The van der Waals surface area contributed by atoms with Gasteiger partial charge in [0.15, 0.2) is 0 Å². The molecule has 1 atom stereocenters. The average Bonchev–Trinajstić information content (AvgIpc) is 2.43. The van der Waals surface area contributed by atoms with Crippen LogP contribution in [0.4, 0.5) is 0 Å². The number of hydrogen-bond acceptors (Lipinski definition) is 2. The summed E-state index contributed by atoms with van der Waals surface area (Å²) in [6, 6.07) is 6.81. The number of benzene rings is 1. The van der Waals surface area contributed by atoms with Gasteiger partial charge >= 0.3 is 0 Å². The van der Waals surface area contributed by atoms with Crippen molar-refractivity contribution >= 4 is 23.4 Å². The van der Waals surface area contributed by atoms with E-state index in [1.807, 2.05) is 39.0 Å². The monoisotopic (exact) mass is 324 g/mol. The summed E-state index contributed by atoms with van der Waals surface area (Å²) in [6.07, 6.45) is 0.345. The van der Waals surface area contributed by atoms with Gasteiger partial charge in [-0.2, -0.15) is 0 Å². The quantitative estimate of drug-likeness (QED) is 0.902. The first-order valence-electron chi connectivity index (χ1n) is 7.50. The van der Waals surface area contributed by atoms with Gasteiger partial charge in [-0.15, -0.1) is 0 Å². The molecule has 5 heteroatoms. The Bertz CT molecular complexity index is 538. The number of halogens is 1. The van der Waals surface area contributed by atoms with Crippen LogP contribution < -0.4 is 5.32 Å². The second-order valence-corrected chi connectivity index (χ2v) is 6.79. The maximum Gasteiger partial charge on any atom is 0.242 e. The molecule has 0 radical (unpaired) electrons. The van der Waals surface area contributed by atoms with E-state index in [1.165, 1.54) is 0 Å². The van der Waals surface area contributed by atoms with Crippen molar-refractivity contribution in [2.24, 2.45) is 0 Å². The third kappa shape index (κ3) is 5.34. The molecule has 0 fully saturated rings. The Hall–Kier alpha value is -1.55. The van der Waals surface area contributed by atoms with Crippen molar-refractivity contribution in [1.29, 1.82) is 0 Å². The zero-order valence-electron chi connectivity index (χ0n) is 13.9. The predicted octanol–water partition coefficient (Wildman–Crippen LogP) is 3.38. The number of carbonyl (C=O) groups excluding carboxylic acids is 2. The molecular formula is C17H25ClN2O2. The lowest BCUT2D eigenvalue weighted by Gasteiger charge is -2.31. The first-order valence-corrected chi connectivity index (χ1v) is 7.88. The molecule has 0 aromatic heterocycles. The fraction of sp³-hybridized carbons (Fsp3) is 0.529. The van der Waals surface area contributed by atoms with E-state index in [-0.39, 0.29) is 17.4 Å². The summed E-state index contributed by atoms with van der Waals surface area (Å²) < 4.78 is 0. The van der Waals surface area contributed by atoms with Crippen LogP contribution in [0.15, 0.2) is 24.3 Å². The summed E-state index contributed by atoms with van der Waals surface area (Å²) in [5, 5.41) is 3.51. The number of carbonyl (C=O) groups is 2. The van der Waals surface area contributed by atoms with Crippen molar-refractivity contribution < 1.29 is 9.59 Å². The smallest absolute Gasteiger partial charge is 0.242 e. The fourth-order valence-corrected chi connectivity index (χ4v) is 2.27. The van der Waals surface area contributed by atoms with E-state index in [1.54, 1.807) is 24.8 Å². The molecule has 0 spiro atoms. The summed E-state index contributed by atoms with van der Waals surface area (Å²) in [5.41, 5.74) is 0.498. The normalized spacial score (nSPS) is 12.6. The molecule has 0 saturated heterocycles. The molecule has 2 amide bonds. The van der Waals surface area contributed by atoms with Crippen molar-refractivity contribution in [2.45, 2.75) is 59.2 Å². The van der Waals surface area contributed by atoms with Gasteiger partial charge in [0.1, 0.15) is 6.04 Å². The molecule has 122 valence electrons. The zero-order valence-corrected chi connectivity index (χ0v) is 14.7. The number of rotatable bonds is 5. The van der Waals surface area contributed by atoms with Crippen LogP contribution in [0, 0.1) is 0 Å². The van der Waals surface area contributed by atoms with Crippen LogP contribution in [0.2, 0.25) is 5.02 Å². The van der Waals surface area contributed by atoms with Crippen molar-refractivity contribution in [3.63, 3.8) is 0 Å². The van der Waals surface area contributed by atoms with Crippen molar-refractivity contribution in [2.75, 3.05) is 0 Å². The van der Waals surface area contributed by atoms with E-state index in [2.05, 4.69) is 5.32 Å². The van der Waals surface area contributed by atoms with Gasteiger partial charge in [0.2, 0.25) is 11.8 Å². The number of hydrogen-bond donors (Lipinski definition) is 1. The van der Waals surface area contributed by atoms with Gasteiger partial charge in [-0.1, -0.05) is 36.7 Å². The molecule has 4 nitrogen and oxygen atoms in total. The van der Waals surface area contributed by atoms with E-state index < -0.39 is 6.04 Å². The summed E-state index contributed by atoms with van der Waals surface area (Å²) in [5.74, 6) is -0.238. The van der Waals surface area contributed by atoms with Crippen LogP contribution >= 0.6 is 11.6 Å². The molecule has 1 aromatic carbocycles. The molecule has 1 N–H and O–H groups in total. The summed E-state index contributed by atoms with van der Waals surface area (Å²) >= 11 is 6.17. The van der Waals surface area contributed by atoms with Gasteiger partial charge in [0.05, 0.1) is 0 Å². The van der Waals surface area contributed by atoms with Gasteiger partial charge in [-0.3, -0.25) is 9.59 Å². The first-order chi connectivity index (χ1) is 10.2. The molecule has 22 heavy (non-hydrogen) atoms. The highest BCUT2D eigenvalue weighted by molar-refractivity contribution is 6.31. The number of nitrogens with zero attached hydrogens (tertiary/aromatic N) is 1. The van der Waals surface area contributed by atoms with Crippen LogP contribution in [0.25, 0.3) is 0 Å². The minimum atomic E-state index is -0.553. The van der Waals surface area contributed by atoms with Crippen LogP contribution in [-0.2, 0) is 16.1 Å². The minimum Gasteiger partial charge on any atom is -0.350 e. The molecule has 0 saturated carbocycles. The minimum absolute atomic E-state index is 0.0727. The van der Waals surface area contributed by atoms with E-state index in [9.17, 15) is 9.59 Å². The number of nitrogens with one attached hydrogen (secondary N) is 1. The molecule has 0 aliphatic rings. The van der Waals surface area contributed by atoms with E-state index >= 15 is 0 Å². The molecule has 0 aliphatic heterocycles. The Morgan fingerprint density at radius 2 is 1.86 bits per heavy atom. The molecule has 0 bridgehead atoms. The van der Waals surface area contributed by atoms with Crippen molar-refractivity contribution in [3.05, 3.63) is 34.9 Å². The summed E-state index contributed by atoms with van der Waals surface area (Å²) in [7, 11) is 0. The Labute approximate surface area is 137 Å². The maximum absolute atomic E-state index is 12.4. The lowest BCUT2D eigenvalue weighted by atomic mass is 10.1. The third-order valence-electron chi connectivity index (χ3n) is 3.27. The topological polar surface area (TPSA) is 49.4 Å². The van der Waals surface area contributed by atoms with Crippen LogP contribution in [0.5, 0.6) is 0 Å². The first kappa shape index (κ1) is 18.5. The Balaban J connectivity index is 2.96. The van der Waals surface area contributed by atoms with Crippen molar-refractivity contribution in [1.82, 2.24) is 10.2 Å². The van der Waals surface area contributed by atoms with Crippen molar-refractivity contribution in [3.8, 4) is 0 Å². The lowest BCUT2D eigenvalue weighted by Crippen LogP contribution is -2.52. The molecular weight excluding hydrogens is 300 g/mol. The van der Waals surface area contributed by atoms with Crippen LogP contribution in [0.1, 0.15) is 46.6 Å². The van der Waals surface area contributed by atoms with Gasteiger partial charge < -0.3 is 10.2 Å². The second kappa shape index (κ2) is 7.63. The Kier molecular flexibility index (Phi) is 6.42. The molecule has 1 rings (SSSR count). The standard InChI is InChI=1S/C17H25ClN2O2/c1-6-15(21)20(11-13-9-7-8-10-14(13)18)12(2)16(22)19-17(3,4)5/h7-10,12H,6,11H2,1-5H3,(H,19,22)/t12-/m1/s1. The largest absolute Gasteiger partial charge is 0.350 e. The van der Waals surface area contributed by atoms with Crippen LogP contribution in [0.3, 0.4) is 0 Å². The average molecular weight is 325 g/mol.